The van der Waals surface area contributed by atoms with E-state index >= 15 is 0 Å². The maximum absolute atomic E-state index is 12.3. The number of terminal acetylenes is 1. The Balaban J connectivity index is 0.000000219. The van der Waals surface area contributed by atoms with Gasteiger partial charge >= 0.3 is 0 Å². The van der Waals surface area contributed by atoms with Gasteiger partial charge in [0.25, 0.3) is 0 Å². The summed E-state index contributed by atoms with van der Waals surface area (Å²) in [6.07, 6.45) is 19.5. The normalized spacial score (nSPS) is 14.5. The SMILES string of the molecule is Brc1cncnc1.C#C[Si](C)(C)C.CCn1c(C#Cc2ccccc2)nc2c(N[C@H]3CCN(C(=O)C4CC4)C3)ncnc21.C[Si](C)(C)C#Cc1cncnc1. The van der Waals surface area contributed by atoms with E-state index in [9.17, 15) is 4.79 Å². The third kappa shape index (κ3) is 14.9. The summed E-state index contributed by atoms with van der Waals surface area (Å²) in [4.78, 5) is 43.2. The highest BCUT2D eigenvalue weighted by Crippen LogP contribution is 2.32. The highest BCUT2D eigenvalue weighted by Gasteiger charge is 2.36. The molecule has 0 unspecified atom stereocenters. The van der Waals surface area contributed by atoms with E-state index in [-0.39, 0.29) is 12.0 Å². The van der Waals surface area contributed by atoms with Crippen LogP contribution in [-0.2, 0) is 11.3 Å². The summed E-state index contributed by atoms with van der Waals surface area (Å²) in [6, 6.07) is 10.1. The van der Waals surface area contributed by atoms with Crippen LogP contribution in [0.15, 0.2) is 78.6 Å². The van der Waals surface area contributed by atoms with Crippen LogP contribution in [0.4, 0.5) is 5.82 Å². The Morgan fingerprint density at radius 2 is 1.49 bits per heavy atom. The van der Waals surface area contributed by atoms with Gasteiger partial charge in [0.15, 0.2) is 22.8 Å². The number of benzene rings is 1. The number of amides is 1. The van der Waals surface area contributed by atoms with Crippen LogP contribution in [0.25, 0.3) is 11.2 Å². The largest absolute Gasteiger partial charge is 0.364 e. The molecule has 1 N–H and O–H groups in total. The molecule has 0 bridgehead atoms. The summed E-state index contributed by atoms with van der Waals surface area (Å²) < 4.78 is 2.92. The van der Waals surface area contributed by atoms with E-state index in [0.717, 1.165) is 65.7 Å². The monoisotopic (exact) mass is 832 g/mol. The third-order valence-corrected chi connectivity index (χ3v) is 9.96. The number of hydrogen-bond donors (Lipinski definition) is 1. The molecule has 1 aliphatic carbocycles. The van der Waals surface area contributed by atoms with Crippen LogP contribution >= 0.6 is 15.9 Å². The van der Waals surface area contributed by atoms with E-state index in [4.69, 9.17) is 11.4 Å². The Kier molecular flexibility index (Phi) is 15.8. The first-order valence-electron chi connectivity index (χ1n) is 18.3. The van der Waals surface area contributed by atoms with Crippen molar-refractivity contribution in [1.82, 2.24) is 44.4 Å². The van der Waals surface area contributed by atoms with E-state index in [1.165, 1.54) is 12.7 Å². The lowest BCUT2D eigenvalue weighted by atomic mass is 10.2. The van der Waals surface area contributed by atoms with Crippen LogP contribution in [0, 0.1) is 41.2 Å². The molecule has 0 radical (unpaired) electrons. The number of likely N-dealkylation sites (tertiary alicyclic amines) is 1. The highest BCUT2D eigenvalue weighted by atomic mass is 79.9. The van der Waals surface area contributed by atoms with E-state index in [0.29, 0.717) is 17.5 Å². The van der Waals surface area contributed by atoms with Crippen molar-refractivity contribution in [3.8, 4) is 35.3 Å². The molecule has 2 aliphatic rings. The van der Waals surface area contributed by atoms with Crippen molar-refractivity contribution in [1.29, 1.82) is 0 Å². The van der Waals surface area contributed by atoms with Gasteiger partial charge in [-0.05, 0) is 60.2 Å². The number of rotatable bonds is 4. The van der Waals surface area contributed by atoms with Gasteiger partial charge in [0.2, 0.25) is 5.91 Å². The highest BCUT2D eigenvalue weighted by molar-refractivity contribution is 9.10. The summed E-state index contributed by atoms with van der Waals surface area (Å²) >= 11 is 3.19. The summed E-state index contributed by atoms with van der Waals surface area (Å²) in [5, 5.41) is 3.50. The fourth-order valence-electron chi connectivity index (χ4n) is 4.85. The Morgan fingerprint density at radius 1 is 0.855 bits per heavy atom. The molecular formula is C41H49BrN10OSi2. The van der Waals surface area contributed by atoms with Gasteiger partial charge in [-0.15, -0.1) is 17.5 Å². The number of halogens is 1. The number of carbonyl (C=O) groups is 1. The van der Waals surface area contributed by atoms with Gasteiger partial charge in [0.1, 0.15) is 35.1 Å². The molecule has 1 saturated heterocycles. The predicted molar refractivity (Wildman–Crippen MR) is 229 cm³/mol. The molecule has 284 valence electrons. The van der Waals surface area contributed by atoms with E-state index in [2.05, 4.69) is 126 Å². The topological polar surface area (TPSA) is 128 Å². The van der Waals surface area contributed by atoms with Gasteiger partial charge in [-0.1, -0.05) is 69.3 Å². The molecule has 1 saturated carbocycles. The van der Waals surface area contributed by atoms with E-state index in [1.54, 1.807) is 31.1 Å². The van der Waals surface area contributed by atoms with Gasteiger partial charge in [-0.3, -0.25) is 4.79 Å². The van der Waals surface area contributed by atoms with Gasteiger partial charge in [0.05, 0.1) is 10.0 Å². The fraction of sp³-hybridized carbons (Fsp3) is 0.366. The zero-order valence-electron chi connectivity index (χ0n) is 32.7. The van der Waals surface area contributed by atoms with Crippen LogP contribution in [0.5, 0.6) is 0 Å². The van der Waals surface area contributed by atoms with Gasteiger partial charge < -0.3 is 14.8 Å². The number of hydrogen-bond acceptors (Lipinski definition) is 9. The first-order valence-corrected chi connectivity index (χ1v) is 26.1. The molecule has 1 aliphatic heterocycles. The van der Waals surface area contributed by atoms with E-state index < -0.39 is 16.1 Å². The molecule has 5 aromatic rings. The van der Waals surface area contributed by atoms with Crippen LogP contribution in [0.3, 0.4) is 0 Å². The van der Waals surface area contributed by atoms with Gasteiger partial charge in [0, 0.05) is 61.9 Å². The number of carbonyl (C=O) groups excluding carboxylic acids is 1. The van der Waals surface area contributed by atoms with Gasteiger partial charge in [-0.2, -0.15) is 0 Å². The number of aromatic nitrogens is 8. The molecule has 5 heterocycles. The Labute approximate surface area is 335 Å². The van der Waals surface area contributed by atoms with Crippen molar-refractivity contribution in [3.63, 3.8) is 0 Å². The fourth-order valence-corrected chi connectivity index (χ4v) is 5.61. The predicted octanol–water partition coefficient (Wildman–Crippen LogP) is 7.11. The van der Waals surface area contributed by atoms with Crippen LogP contribution < -0.4 is 5.32 Å². The molecule has 2 fully saturated rings. The number of fused-ring (bicyclic) bond motifs is 1. The van der Waals surface area contributed by atoms with Crippen LogP contribution in [-0.4, -0.2) is 85.5 Å². The van der Waals surface area contributed by atoms with Crippen LogP contribution in [0.2, 0.25) is 39.3 Å². The van der Waals surface area contributed by atoms with Crippen molar-refractivity contribution < 1.29 is 4.79 Å². The summed E-state index contributed by atoms with van der Waals surface area (Å²) in [5.41, 5.74) is 9.34. The van der Waals surface area contributed by atoms with Crippen LogP contribution in [0.1, 0.15) is 43.1 Å². The number of nitrogens with one attached hydrogen (secondary N) is 1. The Bertz CT molecular complexity index is 2160. The number of imidazole rings is 1. The molecule has 7 rings (SSSR count). The average Bonchev–Trinajstić information content (AvgIpc) is 3.81. The van der Waals surface area contributed by atoms with E-state index in [1.807, 2.05) is 39.8 Å². The zero-order chi connectivity index (χ0) is 39.8. The molecular weight excluding hydrogens is 785 g/mol. The minimum Gasteiger partial charge on any atom is -0.364 e. The molecule has 11 nitrogen and oxygen atoms in total. The minimum absolute atomic E-state index is 0.177. The quantitative estimate of drug-likeness (QED) is 0.149. The molecule has 1 atom stereocenters. The molecule has 0 spiro atoms. The number of nitrogens with zero attached hydrogens (tertiary/aromatic N) is 9. The van der Waals surface area contributed by atoms with Crippen molar-refractivity contribution in [2.45, 2.75) is 78.1 Å². The summed E-state index contributed by atoms with van der Waals surface area (Å²) in [6.45, 7) is 17.4. The average molecular weight is 834 g/mol. The van der Waals surface area contributed by atoms with Crippen molar-refractivity contribution in [2.24, 2.45) is 5.92 Å². The third-order valence-electron chi connectivity index (χ3n) is 7.81. The second-order valence-electron chi connectivity index (χ2n) is 15.0. The maximum atomic E-state index is 12.3. The smallest absolute Gasteiger partial charge is 0.225 e. The standard InChI is InChI=1S/C23H24N6O.C9H12N2Si.C5H10Si.C4H3BrN2/c1-2-29-19(11-8-16-6-4-3-5-7-16)27-20-21(24-15-25-22(20)29)26-18-12-13-28(14-18)23(30)17-9-10-17;1-12(2,3)5-4-9-6-10-8-11-7-9;1-5-6(2,3)4;5-4-1-6-3-7-2-4/h3-7,15,17-18H,2,9-10,12-14H2,1H3,(H,24,25,26);6-8H,1-3H3;1H,2-4H3;1-3H/t18-;;;/m0.../s1. The summed E-state index contributed by atoms with van der Waals surface area (Å²) in [5.74, 6) is 11.4. The molecule has 4 aromatic heterocycles. The Hall–Kier alpha value is -5.21. The second-order valence-corrected chi connectivity index (χ2v) is 25.4. The minimum atomic E-state index is -1.26. The molecule has 1 aromatic carbocycles. The first-order chi connectivity index (χ1) is 26.3. The molecule has 1 amide bonds. The zero-order valence-corrected chi connectivity index (χ0v) is 36.3. The maximum Gasteiger partial charge on any atom is 0.225 e. The Morgan fingerprint density at radius 3 is 2.04 bits per heavy atom. The lowest BCUT2D eigenvalue weighted by Gasteiger charge is -2.17. The lowest BCUT2D eigenvalue weighted by molar-refractivity contribution is -0.131. The second kappa shape index (κ2) is 20.5. The first kappa shape index (κ1) is 42.5. The van der Waals surface area contributed by atoms with Crippen molar-refractivity contribution in [3.05, 3.63) is 95.5 Å². The van der Waals surface area contributed by atoms with Crippen molar-refractivity contribution >= 4 is 55.0 Å². The number of aryl methyl sites for hydroxylation is 1. The summed E-state index contributed by atoms with van der Waals surface area (Å²) in [7, 11) is -2.36. The lowest BCUT2D eigenvalue weighted by Crippen LogP contribution is -2.32. The molecule has 14 heteroatoms. The van der Waals surface area contributed by atoms with Crippen molar-refractivity contribution in [2.75, 3.05) is 18.4 Å². The number of anilines is 1. The van der Waals surface area contributed by atoms with Gasteiger partial charge in [-0.25, -0.2) is 34.9 Å². The molecule has 55 heavy (non-hydrogen) atoms.